The van der Waals surface area contributed by atoms with Crippen LogP contribution in [0.2, 0.25) is 0 Å². The van der Waals surface area contributed by atoms with Gasteiger partial charge in [0.1, 0.15) is 5.52 Å². The molecule has 5 heteroatoms. The minimum Gasteiger partial charge on any atom is -0.391 e. The predicted octanol–water partition coefficient (Wildman–Crippen LogP) is 0.936. The van der Waals surface area contributed by atoms with Gasteiger partial charge in [0.05, 0.1) is 12.3 Å². The molecule has 2 aromatic rings. The van der Waals surface area contributed by atoms with E-state index in [4.69, 9.17) is 0 Å². The summed E-state index contributed by atoms with van der Waals surface area (Å²) in [5, 5.41) is 14.1. The van der Waals surface area contributed by atoms with E-state index in [-0.39, 0.29) is 6.10 Å². The Kier molecular flexibility index (Phi) is 2.48. The van der Waals surface area contributed by atoms with E-state index in [1.165, 1.54) is 0 Å². The number of rotatable bonds is 1. The smallest absolute Gasteiger partial charge is 0.154 e. The molecule has 2 unspecified atom stereocenters. The highest BCUT2D eigenvalue weighted by Gasteiger charge is 2.26. The topological polar surface area (TPSA) is 53.7 Å². The van der Waals surface area contributed by atoms with Crippen LogP contribution in [0.1, 0.15) is 13.3 Å². The largest absolute Gasteiger partial charge is 0.391 e. The van der Waals surface area contributed by atoms with Gasteiger partial charge in [-0.3, -0.25) is 0 Å². The second kappa shape index (κ2) is 4.00. The minimum absolute atomic E-state index is 0.270. The van der Waals surface area contributed by atoms with E-state index in [1.807, 2.05) is 16.8 Å². The van der Waals surface area contributed by atoms with Crippen LogP contribution in [0.25, 0.3) is 5.52 Å². The molecule has 1 fully saturated rings. The normalized spacial score (nSPS) is 25.4. The maximum absolute atomic E-state index is 9.94. The van der Waals surface area contributed by atoms with Gasteiger partial charge in [-0.1, -0.05) is 6.92 Å². The molecular weight excluding hydrogens is 216 g/mol. The number of hydrogen-bond donors (Lipinski definition) is 1. The van der Waals surface area contributed by atoms with Gasteiger partial charge >= 0.3 is 0 Å². The highest BCUT2D eigenvalue weighted by atomic mass is 16.3. The maximum atomic E-state index is 9.94. The lowest BCUT2D eigenvalue weighted by Crippen LogP contribution is -2.43. The van der Waals surface area contributed by atoms with Crippen LogP contribution in [0, 0.1) is 5.92 Å². The van der Waals surface area contributed by atoms with Crippen molar-refractivity contribution in [1.29, 1.82) is 0 Å². The number of nitrogens with zero attached hydrogens (tertiary/aromatic N) is 4. The predicted molar refractivity (Wildman–Crippen MR) is 65.0 cm³/mol. The third-order valence-corrected chi connectivity index (χ3v) is 3.52. The molecule has 0 spiro atoms. The van der Waals surface area contributed by atoms with Crippen LogP contribution in [-0.4, -0.2) is 38.9 Å². The van der Waals surface area contributed by atoms with E-state index in [0.717, 1.165) is 24.3 Å². The molecule has 90 valence electrons. The molecule has 2 aromatic heterocycles. The van der Waals surface area contributed by atoms with Gasteiger partial charge in [0.25, 0.3) is 0 Å². The van der Waals surface area contributed by atoms with Gasteiger partial charge in [-0.05, 0) is 18.4 Å². The molecule has 0 aliphatic carbocycles. The molecule has 1 aliphatic heterocycles. The summed E-state index contributed by atoms with van der Waals surface area (Å²) in [6.07, 6.45) is 6.08. The van der Waals surface area contributed by atoms with Crippen molar-refractivity contribution in [2.24, 2.45) is 5.92 Å². The number of fused-ring (bicyclic) bond motifs is 1. The number of aliphatic hydroxyl groups is 1. The first kappa shape index (κ1) is 10.5. The molecule has 0 radical (unpaired) electrons. The molecule has 0 amide bonds. The van der Waals surface area contributed by atoms with Gasteiger partial charge in [0.2, 0.25) is 0 Å². The fraction of sp³-hybridized carbons (Fsp3) is 0.500. The minimum atomic E-state index is -0.270. The van der Waals surface area contributed by atoms with Crippen LogP contribution >= 0.6 is 0 Å². The monoisotopic (exact) mass is 232 g/mol. The fourth-order valence-corrected chi connectivity index (χ4v) is 2.33. The molecular formula is C12H16N4O. The molecule has 0 aromatic carbocycles. The molecule has 5 nitrogen and oxygen atoms in total. The van der Waals surface area contributed by atoms with Gasteiger partial charge in [-0.25, -0.2) is 9.50 Å². The first-order chi connectivity index (χ1) is 8.25. The van der Waals surface area contributed by atoms with E-state index >= 15 is 0 Å². The summed E-state index contributed by atoms with van der Waals surface area (Å²) in [5.41, 5.74) is 0.995. The number of aromatic nitrogens is 3. The number of piperidine rings is 1. The molecule has 3 heterocycles. The van der Waals surface area contributed by atoms with Crippen LogP contribution in [-0.2, 0) is 0 Å². The summed E-state index contributed by atoms with van der Waals surface area (Å²) in [6, 6.07) is 1.95. The van der Waals surface area contributed by atoms with E-state index < -0.39 is 0 Å². The molecule has 3 rings (SSSR count). The number of aliphatic hydroxyl groups excluding tert-OH is 1. The molecule has 1 N–H and O–H groups in total. The van der Waals surface area contributed by atoms with Crippen molar-refractivity contribution in [3.05, 3.63) is 24.7 Å². The Balaban J connectivity index is 1.96. The Hall–Kier alpha value is -1.62. The average molecular weight is 232 g/mol. The Bertz CT molecular complexity index is 524. The Labute approximate surface area is 99.7 Å². The second-order valence-electron chi connectivity index (χ2n) is 4.69. The van der Waals surface area contributed by atoms with Gasteiger partial charge < -0.3 is 10.0 Å². The quantitative estimate of drug-likeness (QED) is 0.795. The summed E-state index contributed by atoms with van der Waals surface area (Å²) in [6.45, 7) is 3.68. The summed E-state index contributed by atoms with van der Waals surface area (Å²) >= 11 is 0. The van der Waals surface area contributed by atoms with Crippen LogP contribution in [0.5, 0.6) is 0 Å². The lowest BCUT2D eigenvalue weighted by molar-refractivity contribution is 0.102. The molecule has 0 bridgehead atoms. The van der Waals surface area contributed by atoms with Gasteiger partial charge in [-0.15, -0.1) is 0 Å². The van der Waals surface area contributed by atoms with Crippen LogP contribution in [0.3, 0.4) is 0 Å². The number of β-amino-alcohol motifs (C(OH)–C–C–N with tert-alkyl or cyclic N) is 1. The van der Waals surface area contributed by atoms with E-state index in [2.05, 4.69) is 21.9 Å². The van der Waals surface area contributed by atoms with Gasteiger partial charge in [-0.2, -0.15) is 5.10 Å². The van der Waals surface area contributed by atoms with Crippen molar-refractivity contribution < 1.29 is 5.11 Å². The first-order valence-electron chi connectivity index (χ1n) is 5.97. The zero-order valence-electron chi connectivity index (χ0n) is 9.82. The molecule has 0 saturated carbocycles. The Morgan fingerprint density at radius 1 is 1.41 bits per heavy atom. The summed E-state index contributed by atoms with van der Waals surface area (Å²) in [7, 11) is 0. The molecule has 17 heavy (non-hydrogen) atoms. The van der Waals surface area contributed by atoms with Crippen molar-refractivity contribution in [3.8, 4) is 0 Å². The van der Waals surface area contributed by atoms with Crippen molar-refractivity contribution >= 4 is 11.3 Å². The second-order valence-corrected chi connectivity index (χ2v) is 4.69. The Morgan fingerprint density at radius 2 is 2.29 bits per heavy atom. The van der Waals surface area contributed by atoms with Crippen molar-refractivity contribution in [2.75, 3.05) is 18.0 Å². The summed E-state index contributed by atoms with van der Waals surface area (Å²) in [4.78, 5) is 6.56. The van der Waals surface area contributed by atoms with E-state index in [0.29, 0.717) is 12.5 Å². The van der Waals surface area contributed by atoms with Crippen molar-refractivity contribution in [2.45, 2.75) is 19.4 Å². The van der Waals surface area contributed by atoms with Crippen LogP contribution < -0.4 is 4.90 Å². The van der Waals surface area contributed by atoms with Crippen molar-refractivity contribution in [1.82, 2.24) is 14.6 Å². The third-order valence-electron chi connectivity index (χ3n) is 3.52. The molecule has 1 aliphatic rings. The van der Waals surface area contributed by atoms with Crippen LogP contribution in [0.4, 0.5) is 5.82 Å². The third kappa shape index (κ3) is 1.76. The number of anilines is 1. The van der Waals surface area contributed by atoms with Crippen LogP contribution in [0.15, 0.2) is 24.7 Å². The standard InChI is InChI=1S/C12H16N4O/c1-9-3-6-15(8-11(9)17)12-10-2-4-14-16(10)7-5-13-12/h2,4-5,7,9,11,17H,3,6,8H2,1H3. The zero-order valence-corrected chi connectivity index (χ0v) is 9.82. The fourth-order valence-electron chi connectivity index (χ4n) is 2.33. The molecule has 1 saturated heterocycles. The average Bonchev–Trinajstić information content (AvgIpc) is 2.80. The summed E-state index contributed by atoms with van der Waals surface area (Å²) < 4.78 is 1.81. The summed E-state index contributed by atoms with van der Waals surface area (Å²) in [5.74, 6) is 1.28. The SMILES string of the molecule is CC1CCN(c2nccn3nccc23)CC1O. The zero-order chi connectivity index (χ0) is 11.8. The number of hydrogen-bond acceptors (Lipinski definition) is 4. The van der Waals surface area contributed by atoms with Crippen molar-refractivity contribution in [3.63, 3.8) is 0 Å². The highest BCUT2D eigenvalue weighted by Crippen LogP contribution is 2.24. The Morgan fingerprint density at radius 3 is 3.12 bits per heavy atom. The van der Waals surface area contributed by atoms with Gasteiger partial charge in [0, 0.05) is 25.5 Å². The van der Waals surface area contributed by atoms with E-state index in [1.54, 1.807) is 12.4 Å². The maximum Gasteiger partial charge on any atom is 0.154 e. The highest BCUT2D eigenvalue weighted by molar-refractivity contribution is 5.68. The lowest BCUT2D eigenvalue weighted by atomic mass is 9.96. The molecule has 2 atom stereocenters. The first-order valence-corrected chi connectivity index (χ1v) is 5.97. The van der Waals surface area contributed by atoms with Gasteiger partial charge in [0.15, 0.2) is 5.82 Å². The lowest BCUT2D eigenvalue weighted by Gasteiger charge is -2.35. The van der Waals surface area contributed by atoms with E-state index in [9.17, 15) is 5.11 Å².